The van der Waals surface area contributed by atoms with E-state index >= 15 is 0 Å². The molecule has 1 saturated heterocycles. The van der Waals surface area contributed by atoms with Gasteiger partial charge in [0.2, 0.25) is 11.7 Å². The lowest BCUT2D eigenvalue weighted by Gasteiger charge is -2.20. The van der Waals surface area contributed by atoms with Crippen molar-refractivity contribution < 1.29 is 12.9 Å². The SMILES string of the molecule is CCc1ccc(-c2noc(CN(C)[C@@H]3CCS(=O)(=O)C3)n2)cc1. The van der Waals surface area contributed by atoms with E-state index in [-0.39, 0.29) is 17.5 Å². The molecule has 6 nitrogen and oxygen atoms in total. The fraction of sp³-hybridized carbons (Fsp3) is 0.500. The third-order valence-electron chi connectivity index (χ3n) is 4.30. The fourth-order valence-electron chi connectivity index (χ4n) is 2.79. The van der Waals surface area contributed by atoms with Crippen LogP contribution in [0.2, 0.25) is 0 Å². The Morgan fingerprint density at radius 3 is 2.65 bits per heavy atom. The molecular weight excluding hydrogens is 314 g/mol. The largest absolute Gasteiger partial charge is 0.338 e. The summed E-state index contributed by atoms with van der Waals surface area (Å²) in [5.74, 6) is 1.55. The number of benzene rings is 1. The van der Waals surface area contributed by atoms with Crippen molar-refractivity contribution in [2.45, 2.75) is 32.4 Å². The van der Waals surface area contributed by atoms with E-state index in [2.05, 4.69) is 29.2 Å². The summed E-state index contributed by atoms with van der Waals surface area (Å²) in [7, 11) is -0.991. The van der Waals surface area contributed by atoms with Crippen LogP contribution in [0.4, 0.5) is 0 Å². The van der Waals surface area contributed by atoms with Gasteiger partial charge >= 0.3 is 0 Å². The molecule has 2 aromatic rings. The predicted octanol–water partition coefficient (Wildman–Crippen LogP) is 1.92. The molecule has 1 aliphatic heterocycles. The molecule has 0 saturated carbocycles. The van der Waals surface area contributed by atoms with Crippen LogP contribution >= 0.6 is 0 Å². The van der Waals surface area contributed by atoms with Crippen LogP contribution in [-0.4, -0.2) is 48.1 Å². The molecule has 0 N–H and O–H groups in total. The van der Waals surface area contributed by atoms with E-state index in [0.29, 0.717) is 24.7 Å². The van der Waals surface area contributed by atoms with Crippen molar-refractivity contribution in [1.82, 2.24) is 15.0 Å². The number of aryl methyl sites for hydroxylation is 1. The minimum absolute atomic E-state index is 0.0270. The van der Waals surface area contributed by atoms with Crippen LogP contribution in [0.3, 0.4) is 0 Å². The summed E-state index contributed by atoms with van der Waals surface area (Å²) in [5.41, 5.74) is 2.18. The standard InChI is InChI=1S/C16H21N3O3S/c1-3-12-4-6-13(7-5-12)16-17-15(22-18-16)10-19(2)14-8-9-23(20,21)11-14/h4-7,14H,3,8-11H2,1-2H3/t14-/m1/s1. The molecule has 1 aromatic carbocycles. The first-order valence-corrected chi connectivity index (χ1v) is 9.61. The topological polar surface area (TPSA) is 76.3 Å². The summed E-state index contributed by atoms with van der Waals surface area (Å²) in [4.78, 5) is 6.39. The monoisotopic (exact) mass is 335 g/mol. The first-order valence-electron chi connectivity index (χ1n) is 7.79. The first-order chi connectivity index (χ1) is 11.0. The number of aromatic nitrogens is 2. The molecule has 0 bridgehead atoms. The van der Waals surface area contributed by atoms with Gasteiger partial charge in [0.15, 0.2) is 9.84 Å². The Labute approximate surface area is 136 Å². The lowest BCUT2D eigenvalue weighted by atomic mass is 10.1. The summed E-state index contributed by atoms with van der Waals surface area (Å²) in [5, 5.41) is 4.02. The quantitative estimate of drug-likeness (QED) is 0.831. The highest BCUT2D eigenvalue weighted by Crippen LogP contribution is 2.20. The molecule has 2 heterocycles. The zero-order chi connectivity index (χ0) is 16.4. The van der Waals surface area contributed by atoms with E-state index in [0.717, 1.165) is 12.0 Å². The third-order valence-corrected chi connectivity index (χ3v) is 6.06. The van der Waals surface area contributed by atoms with Crippen molar-refractivity contribution in [3.8, 4) is 11.4 Å². The van der Waals surface area contributed by atoms with Crippen molar-refractivity contribution in [2.24, 2.45) is 0 Å². The van der Waals surface area contributed by atoms with Crippen LogP contribution in [0.25, 0.3) is 11.4 Å². The Kier molecular flexibility index (Phi) is 4.50. The normalized spacial score (nSPS) is 20.2. The highest BCUT2D eigenvalue weighted by Gasteiger charge is 2.31. The highest BCUT2D eigenvalue weighted by atomic mass is 32.2. The van der Waals surface area contributed by atoms with Gasteiger partial charge < -0.3 is 4.52 Å². The number of hydrogen-bond acceptors (Lipinski definition) is 6. The Hall–Kier alpha value is -1.73. The zero-order valence-corrected chi connectivity index (χ0v) is 14.2. The maximum absolute atomic E-state index is 11.6. The van der Waals surface area contributed by atoms with Crippen LogP contribution in [-0.2, 0) is 22.8 Å². The van der Waals surface area contributed by atoms with Crippen molar-refractivity contribution in [3.05, 3.63) is 35.7 Å². The second kappa shape index (κ2) is 6.41. The lowest BCUT2D eigenvalue weighted by molar-refractivity contribution is 0.218. The molecule has 3 rings (SSSR count). The van der Waals surface area contributed by atoms with Gasteiger partial charge in [-0.25, -0.2) is 8.42 Å². The van der Waals surface area contributed by atoms with Crippen LogP contribution < -0.4 is 0 Å². The van der Waals surface area contributed by atoms with E-state index in [1.54, 1.807) is 0 Å². The molecule has 7 heteroatoms. The second-order valence-electron chi connectivity index (χ2n) is 6.03. The minimum atomic E-state index is -2.89. The van der Waals surface area contributed by atoms with Gasteiger partial charge in [-0.3, -0.25) is 4.90 Å². The molecule has 0 spiro atoms. The smallest absolute Gasteiger partial charge is 0.241 e. The van der Waals surface area contributed by atoms with E-state index in [4.69, 9.17) is 4.52 Å². The highest BCUT2D eigenvalue weighted by molar-refractivity contribution is 7.91. The molecule has 1 aromatic heterocycles. The molecule has 0 radical (unpaired) electrons. The van der Waals surface area contributed by atoms with E-state index < -0.39 is 9.84 Å². The Morgan fingerprint density at radius 2 is 2.04 bits per heavy atom. The average Bonchev–Trinajstić information content (AvgIpc) is 3.14. The second-order valence-corrected chi connectivity index (χ2v) is 8.26. The van der Waals surface area contributed by atoms with Crippen LogP contribution in [0.5, 0.6) is 0 Å². The van der Waals surface area contributed by atoms with Gasteiger partial charge in [-0.2, -0.15) is 4.98 Å². The van der Waals surface area contributed by atoms with Crippen LogP contribution in [0.15, 0.2) is 28.8 Å². The molecule has 124 valence electrons. The Bertz CT molecular complexity index is 768. The summed E-state index contributed by atoms with van der Waals surface area (Å²) in [6.07, 6.45) is 1.66. The summed E-state index contributed by atoms with van der Waals surface area (Å²) < 4.78 is 28.4. The van der Waals surface area contributed by atoms with Gasteiger partial charge in [0, 0.05) is 11.6 Å². The number of rotatable bonds is 5. The molecule has 0 unspecified atom stereocenters. The molecule has 0 aliphatic carbocycles. The fourth-order valence-corrected chi connectivity index (χ4v) is 4.60. The molecule has 0 amide bonds. The van der Waals surface area contributed by atoms with Gasteiger partial charge in [0.25, 0.3) is 0 Å². The van der Waals surface area contributed by atoms with Gasteiger partial charge in [0.05, 0.1) is 18.1 Å². The summed E-state index contributed by atoms with van der Waals surface area (Å²) >= 11 is 0. The van der Waals surface area contributed by atoms with Gasteiger partial charge in [0.1, 0.15) is 0 Å². The number of nitrogens with zero attached hydrogens (tertiary/aromatic N) is 3. The molecule has 1 atom stereocenters. The Balaban J connectivity index is 1.67. The zero-order valence-electron chi connectivity index (χ0n) is 13.4. The molecule has 23 heavy (non-hydrogen) atoms. The van der Waals surface area contributed by atoms with Gasteiger partial charge in [-0.15, -0.1) is 0 Å². The average molecular weight is 335 g/mol. The van der Waals surface area contributed by atoms with E-state index in [1.165, 1.54) is 5.56 Å². The summed E-state index contributed by atoms with van der Waals surface area (Å²) in [6.45, 7) is 2.57. The van der Waals surface area contributed by atoms with Gasteiger partial charge in [-0.1, -0.05) is 36.3 Å². The van der Waals surface area contributed by atoms with Gasteiger partial charge in [-0.05, 0) is 25.5 Å². The lowest BCUT2D eigenvalue weighted by Crippen LogP contribution is -2.32. The van der Waals surface area contributed by atoms with E-state index in [9.17, 15) is 8.42 Å². The molecule has 1 aliphatic rings. The third kappa shape index (κ3) is 3.79. The molecular formula is C16H21N3O3S. The number of hydrogen-bond donors (Lipinski definition) is 0. The van der Waals surface area contributed by atoms with Crippen LogP contribution in [0, 0.1) is 0 Å². The maximum Gasteiger partial charge on any atom is 0.241 e. The maximum atomic E-state index is 11.6. The number of sulfone groups is 1. The predicted molar refractivity (Wildman–Crippen MR) is 87.6 cm³/mol. The molecule has 1 fully saturated rings. The summed E-state index contributed by atoms with van der Waals surface area (Å²) in [6, 6.07) is 8.11. The van der Waals surface area contributed by atoms with Crippen molar-refractivity contribution in [1.29, 1.82) is 0 Å². The van der Waals surface area contributed by atoms with Crippen molar-refractivity contribution in [3.63, 3.8) is 0 Å². The van der Waals surface area contributed by atoms with Crippen molar-refractivity contribution in [2.75, 3.05) is 18.6 Å². The van der Waals surface area contributed by atoms with E-state index in [1.807, 2.05) is 24.1 Å². The Morgan fingerprint density at radius 1 is 1.30 bits per heavy atom. The minimum Gasteiger partial charge on any atom is -0.338 e. The van der Waals surface area contributed by atoms with Crippen LogP contribution in [0.1, 0.15) is 24.8 Å². The first kappa shape index (κ1) is 16.1. The van der Waals surface area contributed by atoms with Crippen molar-refractivity contribution >= 4 is 9.84 Å².